The summed E-state index contributed by atoms with van der Waals surface area (Å²) in [7, 11) is 0. The summed E-state index contributed by atoms with van der Waals surface area (Å²) in [4.78, 5) is 2.98. The zero-order valence-electron chi connectivity index (χ0n) is 10.1. The second kappa shape index (κ2) is 5.15. The van der Waals surface area contributed by atoms with E-state index in [0.29, 0.717) is 21.1 Å². The molecule has 0 aliphatic heterocycles. The van der Waals surface area contributed by atoms with Crippen molar-refractivity contribution in [3.05, 3.63) is 52.5 Å². The summed E-state index contributed by atoms with van der Waals surface area (Å²) in [6, 6.07) is 12.3. The van der Waals surface area contributed by atoms with Crippen LogP contribution in [0, 0.1) is 0 Å². The predicted molar refractivity (Wildman–Crippen MR) is 80.6 cm³/mol. The van der Waals surface area contributed by atoms with Gasteiger partial charge in [-0.2, -0.15) is 0 Å². The van der Waals surface area contributed by atoms with Crippen LogP contribution in [0.25, 0.3) is 10.9 Å². The quantitative estimate of drug-likeness (QED) is 0.595. The van der Waals surface area contributed by atoms with Crippen molar-refractivity contribution in [3.63, 3.8) is 0 Å². The summed E-state index contributed by atoms with van der Waals surface area (Å²) < 4.78 is 0. The van der Waals surface area contributed by atoms with Crippen molar-refractivity contribution in [1.29, 1.82) is 0 Å². The molecule has 100 valence electrons. The molecule has 0 fully saturated rings. The lowest BCUT2D eigenvalue weighted by Gasteiger charge is -1.96. The van der Waals surface area contributed by atoms with Crippen LogP contribution in [0.5, 0.6) is 5.75 Å². The van der Waals surface area contributed by atoms with Gasteiger partial charge < -0.3 is 10.1 Å². The summed E-state index contributed by atoms with van der Waals surface area (Å²) in [6.07, 6.45) is 0. The molecular weight excluding hydrogens is 297 g/mol. The van der Waals surface area contributed by atoms with Gasteiger partial charge in [0, 0.05) is 10.4 Å². The Labute approximate surface area is 124 Å². The molecule has 6 heteroatoms. The van der Waals surface area contributed by atoms with Gasteiger partial charge in [-0.05, 0) is 30.3 Å². The minimum absolute atomic E-state index is 0.0579. The normalized spacial score (nSPS) is 11.5. The number of rotatable bonds is 2. The fourth-order valence-electron chi connectivity index (χ4n) is 1.85. The molecule has 0 atom stereocenters. The first-order valence-corrected chi connectivity index (χ1v) is 6.57. The fourth-order valence-corrected chi connectivity index (χ4v) is 2.17. The molecule has 1 heterocycles. The van der Waals surface area contributed by atoms with Crippen LogP contribution in [0.4, 0.5) is 11.5 Å². The number of fused-ring (bicyclic) bond motifs is 1. The number of azo groups is 1. The van der Waals surface area contributed by atoms with Crippen molar-refractivity contribution in [1.82, 2.24) is 4.98 Å². The Kier molecular flexibility index (Phi) is 3.34. The first-order valence-electron chi connectivity index (χ1n) is 5.81. The van der Waals surface area contributed by atoms with Crippen LogP contribution >= 0.6 is 23.2 Å². The molecule has 0 saturated carbocycles. The van der Waals surface area contributed by atoms with Gasteiger partial charge in [-0.3, -0.25) is 0 Å². The zero-order valence-corrected chi connectivity index (χ0v) is 11.7. The molecule has 0 amide bonds. The van der Waals surface area contributed by atoms with Crippen LogP contribution in [0.3, 0.4) is 0 Å². The Balaban J connectivity index is 2.02. The maximum atomic E-state index is 10.0. The summed E-state index contributed by atoms with van der Waals surface area (Å²) in [6.45, 7) is 0. The Bertz CT molecular complexity index is 811. The highest BCUT2D eigenvalue weighted by atomic mass is 35.5. The van der Waals surface area contributed by atoms with E-state index in [1.165, 1.54) is 0 Å². The number of hydrogen-bond donors (Lipinski definition) is 2. The number of nitrogens with zero attached hydrogens (tertiary/aromatic N) is 2. The van der Waals surface area contributed by atoms with Crippen LogP contribution in [-0.4, -0.2) is 10.1 Å². The second-order valence-corrected chi connectivity index (χ2v) is 5.01. The molecule has 1 aromatic heterocycles. The van der Waals surface area contributed by atoms with E-state index < -0.39 is 0 Å². The van der Waals surface area contributed by atoms with Gasteiger partial charge in [-0.15, -0.1) is 10.2 Å². The molecular formula is C14H9Cl2N3O. The van der Waals surface area contributed by atoms with E-state index in [1.807, 2.05) is 18.2 Å². The number of hydrogen-bond acceptors (Lipinski definition) is 3. The van der Waals surface area contributed by atoms with E-state index in [1.54, 1.807) is 24.3 Å². The molecule has 3 aromatic rings. The SMILES string of the molecule is Oc1c(N=Nc2cc(Cl)ccc2Cl)[nH]c2ccccc12. The minimum Gasteiger partial charge on any atom is -0.504 e. The van der Waals surface area contributed by atoms with E-state index in [2.05, 4.69) is 15.2 Å². The second-order valence-electron chi connectivity index (χ2n) is 4.16. The standard InChI is InChI=1S/C14H9Cl2N3O/c15-8-5-6-10(16)12(7-8)18-19-14-13(20)9-3-1-2-4-11(9)17-14/h1-7,17,20H. The van der Waals surface area contributed by atoms with Gasteiger partial charge >= 0.3 is 0 Å². The summed E-state index contributed by atoms with van der Waals surface area (Å²) >= 11 is 11.9. The predicted octanol–water partition coefficient (Wildman–Crippen LogP) is 5.60. The Morgan fingerprint density at radius 1 is 1.00 bits per heavy atom. The lowest BCUT2D eigenvalue weighted by Crippen LogP contribution is -1.69. The molecule has 0 bridgehead atoms. The lowest BCUT2D eigenvalue weighted by atomic mass is 10.2. The average Bonchev–Trinajstić information content (AvgIpc) is 2.77. The van der Waals surface area contributed by atoms with Crippen molar-refractivity contribution in [2.45, 2.75) is 0 Å². The van der Waals surface area contributed by atoms with Gasteiger partial charge in [0.2, 0.25) is 0 Å². The van der Waals surface area contributed by atoms with E-state index in [0.717, 1.165) is 5.52 Å². The van der Waals surface area contributed by atoms with Gasteiger partial charge in [0.05, 0.1) is 10.5 Å². The topological polar surface area (TPSA) is 60.7 Å². The highest BCUT2D eigenvalue weighted by molar-refractivity contribution is 6.35. The largest absolute Gasteiger partial charge is 0.504 e. The number of H-pyrrole nitrogens is 1. The van der Waals surface area contributed by atoms with Crippen molar-refractivity contribution >= 4 is 45.6 Å². The van der Waals surface area contributed by atoms with Crippen LogP contribution in [0.2, 0.25) is 10.0 Å². The molecule has 0 spiro atoms. The van der Waals surface area contributed by atoms with E-state index in [-0.39, 0.29) is 11.6 Å². The molecule has 3 rings (SSSR count). The van der Waals surface area contributed by atoms with Crippen LogP contribution in [0.15, 0.2) is 52.7 Å². The lowest BCUT2D eigenvalue weighted by molar-refractivity contribution is 0.482. The molecule has 2 aromatic carbocycles. The Morgan fingerprint density at radius 3 is 2.60 bits per heavy atom. The van der Waals surface area contributed by atoms with E-state index in [4.69, 9.17) is 23.2 Å². The summed E-state index contributed by atoms with van der Waals surface area (Å²) in [5.41, 5.74) is 1.23. The first kappa shape index (κ1) is 13.0. The highest BCUT2D eigenvalue weighted by Gasteiger charge is 2.09. The smallest absolute Gasteiger partial charge is 0.196 e. The maximum Gasteiger partial charge on any atom is 0.196 e. The number of aromatic amines is 1. The number of nitrogens with one attached hydrogen (secondary N) is 1. The average molecular weight is 306 g/mol. The van der Waals surface area contributed by atoms with E-state index >= 15 is 0 Å². The van der Waals surface area contributed by atoms with Gasteiger partial charge in [0.25, 0.3) is 0 Å². The first-order chi connectivity index (χ1) is 9.65. The summed E-state index contributed by atoms with van der Waals surface area (Å²) in [5.74, 6) is 0.338. The fraction of sp³-hybridized carbons (Fsp3) is 0. The van der Waals surface area contributed by atoms with Crippen molar-refractivity contribution in [2.24, 2.45) is 10.2 Å². The molecule has 0 aliphatic carbocycles. The number of benzene rings is 2. The number of halogens is 2. The van der Waals surface area contributed by atoms with Gasteiger partial charge in [-0.25, -0.2) is 0 Å². The highest BCUT2D eigenvalue weighted by Crippen LogP contribution is 2.36. The van der Waals surface area contributed by atoms with Crippen molar-refractivity contribution in [2.75, 3.05) is 0 Å². The zero-order chi connectivity index (χ0) is 14.1. The van der Waals surface area contributed by atoms with Gasteiger partial charge in [0.1, 0.15) is 5.69 Å². The molecule has 20 heavy (non-hydrogen) atoms. The molecule has 4 nitrogen and oxygen atoms in total. The Hall–Kier alpha value is -2.04. The van der Waals surface area contributed by atoms with Crippen LogP contribution < -0.4 is 0 Å². The maximum absolute atomic E-state index is 10.0. The van der Waals surface area contributed by atoms with Crippen molar-refractivity contribution < 1.29 is 5.11 Å². The summed E-state index contributed by atoms with van der Waals surface area (Å²) in [5, 5.41) is 19.7. The number of aromatic nitrogens is 1. The number of para-hydroxylation sites is 1. The van der Waals surface area contributed by atoms with E-state index in [9.17, 15) is 5.11 Å². The van der Waals surface area contributed by atoms with Crippen LogP contribution in [-0.2, 0) is 0 Å². The third-order valence-electron chi connectivity index (χ3n) is 2.83. The molecule has 2 N–H and O–H groups in total. The molecule has 0 unspecified atom stereocenters. The Morgan fingerprint density at radius 2 is 1.80 bits per heavy atom. The number of aromatic hydroxyl groups is 1. The van der Waals surface area contributed by atoms with Gasteiger partial charge in [0.15, 0.2) is 11.6 Å². The van der Waals surface area contributed by atoms with Gasteiger partial charge in [-0.1, -0.05) is 35.3 Å². The molecule has 0 saturated heterocycles. The molecule has 0 aliphatic rings. The molecule has 0 radical (unpaired) electrons. The minimum atomic E-state index is 0.0579. The third-order valence-corrected chi connectivity index (χ3v) is 3.38. The monoisotopic (exact) mass is 305 g/mol. The van der Waals surface area contributed by atoms with Crippen molar-refractivity contribution in [3.8, 4) is 5.75 Å². The van der Waals surface area contributed by atoms with Crippen LogP contribution in [0.1, 0.15) is 0 Å². The third kappa shape index (κ3) is 2.35.